The first-order valence-corrected chi connectivity index (χ1v) is 16.9. The number of benzene rings is 4. The van der Waals surface area contributed by atoms with Gasteiger partial charge in [0.2, 0.25) is 0 Å². The van der Waals surface area contributed by atoms with Crippen molar-refractivity contribution in [2.24, 2.45) is 0 Å². The molecule has 1 N–H and O–H groups in total. The highest BCUT2D eigenvalue weighted by Crippen LogP contribution is 2.44. The van der Waals surface area contributed by atoms with Crippen LogP contribution in [-0.2, 0) is 16.8 Å². The van der Waals surface area contributed by atoms with E-state index in [4.69, 9.17) is 9.84 Å². The second-order valence-electron chi connectivity index (χ2n) is 13.3. The summed E-state index contributed by atoms with van der Waals surface area (Å²) in [6.07, 6.45) is 1.29. The molecule has 0 aliphatic carbocycles. The third-order valence-corrected chi connectivity index (χ3v) is 9.67. The average Bonchev–Trinajstić information content (AvgIpc) is 3.39. The number of amides is 3. The first-order valence-electron chi connectivity index (χ1n) is 16.1. The Labute approximate surface area is 283 Å². The van der Waals surface area contributed by atoms with Crippen LogP contribution >= 0.6 is 15.9 Å². The lowest BCUT2D eigenvalue weighted by Crippen LogP contribution is -2.54. The number of nitrogens with zero attached hydrogens (tertiary/aromatic N) is 4. The number of anilines is 1. The smallest absolute Gasteiger partial charge is 0.410 e. The van der Waals surface area contributed by atoms with E-state index in [0.29, 0.717) is 19.6 Å². The molecule has 8 nitrogen and oxygen atoms in total. The molecule has 1 saturated heterocycles. The number of hydrogen-bond acceptors (Lipinski definition) is 4. The second-order valence-corrected chi connectivity index (χ2v) is 14.1. The summed E-state index contributed by atoms with van der Waals surface area (Å²) in [5.74, 6) is 0. The van der Waals surface area contributed by atoms with Crippen molar-refractivity contribution in [1.29, 1.82) is 0 Å². The van der Waals surface area contributed by atoms with Crippen molar-refractivity contribution in [3.05, 3.63) is 130 Å². The number of fused-ring (bicyclic) bond motifs is 2. The van der Waals surface area contributed by atoms with Crippen molar-refractivity contribution < 1.29 is 14.3 Å². The highest BCUT2D eigenvalue weighted by Gasteiger charge is 2.42. The maximum atomic E-state index is 13.7. The molecule has 47 heavy (non-hydrogen) atoms. The highest BCUT2D eigenvalue weighted by atomic mass is 79.9. The highest BCUT2D eigenvalue weighted by molar-refractivity contribution is 9.10. The summed E-state index contributed by atoms with van der Waals surface area (Å²) in [7, 11) is 0. The van der Waals surface area contributed by atoms with Crippen LogP contribution in [0.3, 0.4) is 0 Å². The van der Waals surface area contributed by atoms with Crippen molar-refractivity contribution in [2.75, 3.05) is 18.4 Å². The molecular weight excluding hydrogens is 654 g/mol. The van der Waals surface area contributed by atoms with Crippen molar-refractivity contribution >= 4 is 44.6 Å². The SMILES string of the molecule is CC(C)(C)OC(=O)N1CCCC(N2Cc3cc4c(Br)nn(C(c5ccccc5)(c5ccccc5)c5ccccc5)c4cc3NC2=O)C1. The van der Waals surface area contributed by atoms with Crippen LogP contribution in [0.4, 0.5) is 15.3 Å². The van der Waals surface area contributed by atoms with Crippen LogP contribution in [0, 0.1) is 0 Å². The summed E-state index contributed by atoms with van der Waals surface area (Å²) < 4.78 is 8.45. The van der Waals surface area contributed by atoms with Gasteiger partial charge in [-0.05, 0) is 83.9 Å². The van der Waals surface area contributed by atoms with E-state index >= 15 is 0 Å². The number of urea groups is 1. The topological polar surface area (TPSA) is 79.7 Å². The minimum absolute atomic E-state index is 0.117. The van der Waals surface area contributed by atoms with Crippen LogP contribution in [-0.4, -0.2) is 56.4 Å². The predicted molar refractivity (Wildman–Crippen MR) is 187 cm³/mol. The van der Waals surface area contributed by atoms with Crippen molar-refractivity contribution in [3.63, 3.8) is 0 Å². The zero-order chi connectivity index (χ0) is 32.8. The summed E-state index contributed by atoms with van der Waals surface area (Å²) in [5, 5.41) is 9.33. The molecule has 3 heterocycles. The number of ether oxygens (including phenoxy) is 1. The van der Waals surface area contributed by atoms with Gasteiger partial charge in [-0.2, -0.15) is 5.10 Å². The average molecular weight is 693 g/mol. The van der Waals surface area contributed by atoms with E-state index in [0.717, 1.165) is 56.3 Å². The fraction of sp³-hybridized carbons (Fsp3) is 0.289. The number of carbonyl (C=O) groups is 2. The van der Waals surface area contributed by atoms with Gasteiger partial charge in [0.15, 0.2) is 0 Å². The molecule has 0 bridgehead atoms. The van der Waals surface area contributed by atoms with Crippen LogP contribution in [0.1, 0.15) is 55.9 Å². The molecule has 0 radical (unpaired) electrons. The normalized spacial score (nSPS) is 16.9. The lowest BCUT2D eigenvalue weighted by atomic mass is 9.77. The molecule has 0 spiro atoms. The Kier molecular flexibility index (Phi) is 8.04. The zero-order valence-corrected chi connectivity index (χ0v) is 28.4. The Morgan fingerprint density at radius 1 is 0.894 bits per heavy atom. The summed E-state index contributed by atoms with van der Waals surface area (Å²) in [5.41, 5.74) is 4.45. The number of aromatic nitrogens is 2. The number of nitrogens with one attached hydrogen (secondary N) is 1. The van der Waals surface area contributed by atoms with Crippen LogP contribution in [0.5, 0.6) is 0 Å². The summed E-state index contributed by atoms with van der Waals surface area (Å²) in [6, 6.07) is 35.2. The van der Waals surface area contributed by atoms with Crippen molar-refractivity contribution in [3.8, 4) is 0 Å². The Morgan fingerprint density at radius 2 is 1.47 bits per heavy atom. The maximum Gasteiger partial charge on any atom is 0.410 e. The van der Waals surface area contributed by atoms with Gasteiger partial charge in [0, 0.05) is 30.7 Å². The molecule has 4 aromatic carbocycles. The standard InChI is InChI=1S/C38H38BrN5O3/c1-37(2,3)47-36(46)42-21-13-20-30(25-42)43-24-26-22-31-33(23-32(26)40-35(43)45)44(41-34(31)39)38(27-14-7-4-8-15-27,28-16-9-5-10-17-28)29-18-11-6-12-19-29/h4-12,14-19,22-23,30H,13,20-21,24-25H2,1-3H3,(H,40,45). The molecule has 0 saturated carbocycles. The quantitative estimate of drug-likeness (QED) is 0.188. The zero-order valence-electron chi connectivity index (χ0n) is 26.8. The van der Waals surface area contributed by atoms with Gasteiger partial charge in [-0.3, -0.25) is 0 Å². The molecule has 5 aromatic rings. The van der Waals surface area contributed by atoms with E-state index in [9.17, 15) is 9.59 Å². The van der Waals surface area contributed by atoms with E-state index < -0.39 is 11.1 Å². The van der Waals surface area contributed by atoms with Gasteiger partial charge in [0.1, 0.15) is 15.7 Å². The molecular formula is C38H38BrN5O3. The van der Waals surface area contributed by atoms with Crippen LogP contribution in [0.25, 0.3) is 10.9 Å². The molecule has 1 atom stereocenters. The first-order chi connectivity index (χ1) is 22.6. The number of hydrogen-bond donors (Lipinski definition) is 1. The molecule has 9 heteroatoms. The van der Waals surface area contributed by atoms with Gasteiger partial charge in [-0.25, -0.2) is 14.3 Å². The number of likely N-dealkylation sites (tertiary alicyclic amines) is 1. The van der Waals surface area contributed by atoms with Gasteiger partial charge in [-0.1, -0.05) is 91.0 Å². The van der Waals surface area contributed by atoms with Gasteiger partial charge in [0.05, 0.1) is 11.6 Å². The van der Waals surface area contributed by atoms with Crippen molar-refractivity contribution in [1.82, 2.24) is 19.6 Å². The van der Waals surface area contributed by atoms with Gasteiger partial charge < -0.3 is 19.9 Å². The van der Waals surface area contributed by atoms with Gasteiger partial charge in [0.25, 0.3) is 0 Å². The fourth-order valence-electron chi connectivity index (χ4n) is 7.02. The lowest BCUT2D eigenvalue weighted by molar-refractivity contribution is 0.0131. The number of rotatable bonds is 5. The molecule has 1 aromatic heterocycles. The Morgan fingerprint density at radius 3 is 2.02 bits per heavy atom. The molecule has 3 amide bonds. The molecule has 240 valence electrons. The summed E-state index contributed by atoms with van der Waals surface area (Å²) in [6.45, 7) is 7.10. The number of piperidine rings is 1. The summed E-state index contributed by atoms with van der Waals surface area (Å²) in [4.78, 5) is 30.1. The lowest BCUT2D eigenvalue weighted by Gasteiger charge is -2.41. The third-order valence-electron chi connectivity index (χ3n) is 9.08. The van der Waals surface area contributed by atoms with E-state index in [1.807, 2.05) is 43.9 Å². The maximum absolute atomic E-state index is 13.7. The molecule has 2 aliphatic rings. The van der Waals surface area contributed by atoms with E-state index in [1.54, 1.807) is 4.90 Å². The van der Waals surface area contributed by atoms with Crippen LogP contribution in [0.2, 0.25) is 0 Å². The van der Waals surface area contributed by atoms with E-state index in [1.165, 1.54) is 0 Å². The summed E-state index contributed by atoms with van der Waals surface area (Å²) >= 11 is 3.82. The van der Waals surface area contributed by atoms with Crippen LogP contribution in [0.15, 0.2) is 108 Å². The van der Waals surface area contributed by atoms with Gasteiger partial charge >= 0.3 is 12.1 Å². The third kappa shape index (κ3) is 5.67. The predicted octanol–water partition coefficient (Wildman–Crippen LogP) is 8.39. The Hall–Kier alpha value is -4.63. The monoisotopic (exact) mass is 691 g/mol. The van der Waals surface area contributed by atoms with E-state index in [2.05, 4.69) is 111 Å². The van der Waals surface area contributed by atoms with E-state index in [-0.39, 0.29) is 18.2 Å². The largest absolute Gasteiger partial charge is 0.444 e. The second kappa shape index (κ2) is 12.2. The Balaban J connectivity index is 1.32. The van der Waals surface area contributed by atoms with Crippen LogP contribution < -0.4 is 5.32 Å². The molecule has 2 aliphatic heterocycles. The van der Waals surface area contributed by atoms with Crippen molar-refractivity contribution in [2.45, 2.75) is 57.3 Å². The Bertz CT molecular complexity index is 1820. The molecule has 7 rings (SSSR count). The molecule has 1 unspecified atom stereocenters. The first kappa shape index (κ1) is 31.0. The minimum atomic E-state index is -0.805. The molecule has 1 fully saturated rings. The minimum Gasteiger partial charge on any atom is -0.444 e. The number of carbonyl (C=O) groups excluding carboxylic acids is 2. The number of halogens is 1. The van der Waals surface area contributed by atoms with Gasteiger partial charge in [-0.15, -0.1) is 0 Å². The fourth-order valence-corrected chi connectivity index (χ4v) is 7.49.